The molecule has 3 aromatic carbocycles. The van der Waals surface area contributed by atoms with Crippen molar-refractivity contribution in [1.29, 1.82) is 5.26 Å². The van der Waals surface area contributed by atoms with Gasteiger partial charge >= 0.3 is 11.9 Å². The minimum absolute atomic E-state index is 0.0470. The Morgan fingerprint density at radius 1 is 0.925 bits per heavy atom. The maximum Gasteiger partial charge on any atom is 0.303 e. The Bertz CT molecular complexity index is 1500. The molecular formula is C30H26ClN3O6. The van der Waals surface area contributed by atoms with Crippen LogP contribution in [0.4, 0.5) is 0 Å². The Kier molecular flexibility index (Phi) is 8.82. The van der Waals surface area contributed by atoms with Crippen LogP contribution in [0.1, 0.15) is 36.1 Å². The number of nitrogens with zero attached hydrogens (tertiary/aromatic N) is 2. The summed E-state index contributed by atoms with van der Waals surface area (Å²) in [5.74, 6) is -3.10. The smallest absolute Gasteiger partial charge is 0.303 e. The molecule has 0 saturated carbocycles. The van der Waals surface area contributed by atoms with Crippen LogP contribution in [0.3, 0.4) is 0 Å². The summed E-state index contributed by atoms with van der Waals surface area (Å²) in [6.07, 6.45) is -3.39. The average Bonchev–Trinajstić information content (AvgIpc) is 3.36. The molecule has 4 rings (SSSR count). The van der Waals surface area contributed by atoms with E-state index in [-0.39, 0.29) is 19.6 Å². The van der Waals surface area contributed by atoms with Gasteiger partial charge in [0.1, 0.15) is 0 Å². The lowest BCUT2D eigenvalue weighted by Crippen LogP contribution is -2.53. The van der Waals surface area contributed by atoms with Crippen molar-refractivity contribution in [1.82, 2.24) is 10.2 Å². The molecule has 0 spiro atoms. The molecule has 1 N–H and O–H groups in total. The van der Waals surface area contributed by atoms with Crippen molar-refractivity contribution in [3.05, 3.63) is 94.0 Å². The summed E-state index contributed by atoms with van der Waals surface area (Å²) in [6.45, 7) is 2.67. The summed E-state index contributed by atoms with van der Waals surface area (Å²) in [5, 5.41) is 12.5. The number of amides is 2. The molecular weight excluding hydrogens is 534 g/mol. The molecule has 10 heteroatoms. The number of fused-ring (bicyclic) bond motifs is 1. The molecule has 0 radical (unpaired) electrons. The van der Waals surface area contributed by atoms with E-state index in [9.17, 15) is 24.4 Å². The van der Waals surface area contributed by atoms with Gasteiger partial charge in [0.25, 0.3) is 11.8 Å². The van der Waals surface area contributed by atoms with E-state index in [0.29, 0.717) is 10.6 Å². The average molecular weight is 560 g/mol. The van der Waals surface area contributed by atoms with Crippen molar-refractivity contribution < 1.29 is 28.7 Å². The lowest BCUT2D eigenvalue weighted by Gasteiger charge is -2.28. The standard InChI is InChI=1S/C30H26ClN3O6/c1-18(35)39-27(28(40-19(2)36)30(38)34-16-23-11-12-25(31)13-24(23)17-34)29(37)33-15-20-7-9-21(10-8-20)26-6-4-3-5-22(26)14-32/h3-13,27-28H,15-17H2,1-2H3,(H,33,37)/t27-,28-/m1/s1. The van der Waals surface area contributed by atoms with Gasteiger partial charge in [0, 0.05) is 38.5 Å². The molecule has 0 aromatic heterocycles. The van der Waals surface area contributed by atoms with Crippen molar-refractivity contribution >= 4 is 35.4 Å². The van der Waals surface area contributed by atoms with E-state index in [1.807, 2.05) is 24.3 Å². The zero-order chi connectivity index (χ0) is 28.8. The van der Waals surface area contributed by atoms with Crippen LogP contribution in [0.2, 0.25) is 5.02 Å². The largest absolute Gasteiger partial charge is 0.448 e. The molecule has 0 saturated heterocycles. The van der Waals surface area contributed by atoms with Gasteiger partial charge in [-0.05, 0) is 46.0 Å². The second kappa shape index (κ2) is 12.5. The fourth-order valence-corrected chi connectivity index (χ4v) is 4.67. The quantitative estimate of drug-likeness (QED) is 0.415. The Labute approximate surface area is 236 Å². The Morgan fingerprint density at radius 2 is 1.57 bits per heavy atom. The highest BCUT2D eigenvalue weighted by molar-refractivity contribution is 6.30. The van der Waals surface area contributed by atoms with Crippen LogP contribution in [0.5, 0.6) is 0 Å². The molecule has 0 aliphatic carbocycles. The number of benzene rings is 3. The molecule has 9 nitrogen and oxygen atoms in total. The first kappa shape index (κ1) is 28.3. The van der Waals surface area contributed by atoms with Crippen LogP contribution in [0, 0.1) is 11.3 Å². The van der Waals surface area contributed by atoms with E-state index in [0.717, 1.165) is 41.7 Å². The van der Waals surface area contributed by atoms with Crippen molar-refractivity contribution in [2.45, 2.75) is 45.7 Å². The van der Waals surface area contributed by atoms with Gasteiger partial charge in [0.15, 0.2) is 0 Å². The third kappa shape index (κ3) is 6.65. The summed E-state index contributed by atoms with van der Waals surface area (Å²) in [7, 11) is 0. The number of nitriles is 1. The molecule has 0 bridgehead atoms. The lowest BCUT2D eigenvalue weighted by molar-refractivity contribution is -0.178. The Balaban J connectivity index is 1.49. The van der Waals surface area contributed by atoms with E-state index < -0.39 is 36.0 Å². The number of hydrogen-bond donors (Lipinski definition) is 1. The molecule has 1 heterocycles. The highest BCUT2D eigenvalue weighted by atomic mass is 35.5. The lowest BCUT2D eigenvalue weighted by atomic mass is 9.99. The van der Waals surface area contributed by atoms with Gasteiger partial charge in [0.05, 0.1) is 11.6 Å². The summed E-state index contributed by atoms with van der Waals surface area (Å²) < 4.78 is 10.5. The second-order valence-electron chi connectivity index (χ2n) is 9.24. The predicted molar refractivity (Wildman–Crippen MR) is 145 cm³/mol. The Morgan fingerprint density at radius 3 is 2.25 bits per heavy atom. The first-order chi connectivity index (χ1) is 19.2. The minimum atomic E-state index is -1.71. The second-order valence-corrected chi connectivity index (χ2v) is 9.68. The van der Waals surface area contributed by atoms with Crippen LogP contribution in [-0.2, 0) is 48.3 Å². The first-order valence-electron chi connectivity index (χ1n) is 12.4. The number of carbonyl (C=O) groups excluding carboxylic acids is 4. The van der Waals surface area contributed by atoms with Gasteiger partial charge in [-0.25, -0.2) is 0 Å². The molecule has 2 atom stereocenters. The van der Waals surface area contributed by atoms with Crippen LogP contribution < -0.4 is 5.32 Å². The fourth-order valence-electron chi connectivity index (χ4n) is 4.48. The SMILES string of the molecule is CC(=O)O[C@@H](C(=O)NCc1ccc(-c2ccccc2C#N)cc1)[C@@H](OC(C)=O)C(=O)N1Cc2ccc(Cl)cc2C1. The fraction of sp³-hybridized carbons (Fsp3) is 0.233. The highest BCUT2D eigenvalue weighted by Crippen LogP contribution is 2.27. The summed E-state index contributed by atoms with van der Waals surface area (Å²) >= 11 is 6.07. The summed E-state index contributed by atoms with van der Waals surface area (Å²) in [4.78, 5) is 51.9. The Hall–Kier alpha value is -4.68. The van der Waals surface area contributed by atoms with Crippen molar-refractivity contribution in [2.75, 3.05) is 0 Å². The van der Waals surface area contributed by atoms with E-state index in [1.54, 1.807) is 42.5 Å². The van der Waals surface area contributed by atoms with E-state index >= 15 is 0 Å². The van der Waals surface area contributed by atoms with Gasteiger partial charge in [0.2, 0.25) is 12.2 Å². The van der Waals surface area contributed by atoms with Crippen LogP contribution in [0.25, 0.3) is 11.1 Å². The van der Waals surface area contributed by atoms with Crippen LogP contribution in [-0.4, -0.2) is 40.9 Å². The maximum atomic E-state index is 13.5. The number of ether oxygens (including phenoxy) is 2. The number of rotatable bonds is 8. The van der Waals surface area contributed by atoms with Crippen molar-refractivity contribution in [2.24, 2.45) is 0 Å². The van der Waals surface area contributed by atoms with Gasteiger partial charge in [-0.2, -0.15) is 5.26 Å². The minimum Gasteiger partial charge on any atom is -0.448 e. The zero-order valence-electron chi connectivity index (χ0n) is 21.8. The van der Waals surface area contributed by atoms with Crippen molar-refractivity contribution in [3.63, 3.8) is 0 Å². The molecule has 204 valence electrons. The monoisotopic (exact) mass is 559 g/mol. The molecule has 0 fully saturated rings. The summed E-state index contributed by atoms with van der Waals surface area (Å²) in [5.41, 5.74) is 4.57. The van der Waals surface area contributed by atoms with Crippen LogP contribution >= 0.6 is 11.6 Å². The third-order valence-electron chi connectivity index (χ3n) is 6.34. The van der Waals surface area contributed by atoms with Gasteiger partial charge in [-0.1, -0.05) is 60.1 Å². The van der Waals surface area contributed by atoms with Gasteiger partial charge in [-0.15, -0.1) is 0 Å². The molecule has 2 amide bonds. The number of esters is 2. The molecule has 40 heavy (non-hydrogen) atoms. The molecule has 1 aliphatic heterocycles. The topological polar surface area (TPSA) is 126 Å². The predicted octanol–water partition coefficient (Wildman–Crippen LogP) is 3.90. The van der Waals surface area contributed by atoms with E-state index in [4.69, 9.17) is 21.1 Å². The first-order valence-corrected chi connectivity index (χ1v) is 12.8. The van der Waals surface area contributed by atoms with Crippen molar-refractivity contribution in [3.8, 4) is 17.2 Å². The number of nitrogens with one attached hydrogen (secondary N) is 1. The highest BCUT2D eigenvalue weighted by Gasteiger charge is 2.42. The third-order valence-corrected chi connectivity index (χ3v) is 6.58. The molecule has 3 aromatic rings. The molecule has 0 unspecified atom stereocenters. The van der Waals surface area contributed by atoms with Crippen LogP contribution in [0.15, 0.2) is 66.7 Å². The van der Waals surface area contributed by atoms with E-state index in [2.05, 4.69) is 11.4 Å². The maximum absolute atomic E-state index is 13.5. The molecule has 1 aliphatic rings. The number of hydrogen-bond acceptors (Lipinski definition) is 7. The van der Waals surface area contributed by atoms with E-state index in [1.165, 1.54) is 4.90 Å². The normalized spacial score (nSPS) is 13.4. The number of carbonyl (C=O) groups is 4. The van der Waals surface area contributed by atoms with Gasteiger partial charge < -0.3 is 19.7 Å². The number of halogens is 1. The zero-order valence-corrected chi connectivity index (χ0v) is 22.6. The summed E-state index contributed by atoms with van der Waals surface area (Å²) in [6, 6.07) is 21.8. The van der Waals surface area contributed by atoms with Gasteiger partial charge in [-0.3, -0.25) is 19.2 Å².